The smallest absolute Gasteiger partial charge is 0.414 e. The van der Waals surface area contributed by atoms with Gasteiger partial charge in [0, 0.05) is 5.56 Å². The summed E-state index contributed by atoms with van der Waals surface area (Å²) in [7, 11) is 0. The van der Waals surface area contributed by atoms with Crippen LogP contribution in [0.1, 0.15) is 0 Å². The van der Waals surface area contributed by atoms with Gasteiger partial charge in [-0.25, -0.2) is 9.18 Å². The molecule has 0 spiro atoms. The third-order valence-electron chi connectivity index (χ3n) is 4.27. The SMILES string of the molecule is O=C1COc2cc(-c3ccc(N4C[C@H](CO)OC4=O)cc3F)ccc2N1. The molecule has 2 aromatic carbocycles. The molecule has 2 heterocycles. The van der Waals surface area contributed by atoms with Crippen LogP contribution in [0.25, 0.3) is 11.1 Å². The highest BCUT2D eigenvalue weighted by molar-refractivity contribution is 5.96. The first-order chi connectivity index (χ1) is 12.5. The Morgan fingerprint density at radius 3 is 2.81 bits per heavy atom. The Labute approximate surface area is 147 Å². The third kappa shape index (κ3) is 2.84. The molecule has 8 heteroatoms. The zero-order chi connectivity index (χ0) is 18.3. The lowest BCUT2D eigenvalue weighted by molar-refractivity contribution is -0.118. The number of carbonyl (C=O) groups is 2. The molecule has 0 unspecified atom stereocenters. The molecule has 2 amide bonds. The quantitative estimate of drug-likeness (QED) is 0.878. The van der Waals surface area contributed by atoms with E-state index in [1.54, 1.807) is 30.3 Å². The summed E-state index contributed by atoms with van der Waals surface area (Å²) in [5, 5.41) is 11.8. The summed E-state index contributed by atoms with van der Waals surface area (Å²) in [6.45, 7) is -0.198. The summed E-state index contributed by atoms with van der Waals surface area (Å²) in [6.07, 6.45) is -1.23. The Morgan fingerprint density at radius 1 is 1.23 bits per heavy atom. The minimum Gasteiger partial charge on any atom is -0.482 e. The molecule has 0 aromatic heterocycles. The van der Waals surface area contributed by atoms with Gasteiger partial charge in [0.05, 0.1) is 24.5 Å². The first kappa shape index (κ1) is 16.3. The highest BCUT2D eigenvalue weighted by Crippen LogP contribution is 2.35. The van der Waals surface area contributed by atoms with Crippen LogP contribution in [0.3, 0.4) is 0 Å². The zero-order valence-corrected chi connectivity index (χ0v) is 13.6. The largest absolute Gasteiger partial charge is 0.482 e. The van der Waals surface area contributed by atoms with Gasteiger partial charge in [0.1, 0.15) is 17.7 Å². The van der Waals surface area contributed by atoms with Crippen molar-refractivity contribution < 1.29 is 28.6 Å². The van der Waals surface area contributed by atoms with E-state index in [0.29, 0.717) is 28.3 Å². The molecule has 0 bridgehead atoms. The van der Waals surface area contributed by atoms with Crippen LogP contribution in [0.15, 0.2) is 36.4 Å². The number of rotatable bonds is 3. The number of halogens is 1. The molecule has 2 aliphatic rings. The molecular weight excluding hydrogens is 343 g/mol. The first-order valence-corrected chi connectivity index (χ1v) is 8.01. The Hall–Kier alpha value is -3.13. The highest BCUT2D eigenvalue weighted by Gasteiger charge is 2.32. The van der Waals surface area contributed by atoms with Crippen LogP contribution < -0.4 is 15.0 Å². The van der Waals surface area contributed by atoms with E-state index in [4.69, 9.17) is 14.6 Å². The summed E-state index contributed by atoms with van der Waals surface area (Å²) in [4.78, 5) is 24.4. The molecular formula is C18H15FN2O5. The van der Waals surface area contributed by atoms with Crippen molar-refractivity contribution in [3.63, 3.8) is 0 Å². The Balaban J connectivity index is 1.63. The number of hydrogen-bond donors (Lipinski definition) is 2. The number of aliphatic hydroxyl groups excluding tert-OH is 1. The minimum atomic E-state index is -0.617. The predicted molar refractivity (Wildman–Crippen MR) is 90.7 cm³/mol. The van der Waals surface area contributed by atoms with Gasteiger partial charge in [-0.15, -0.1) is 0 Å². The summed E-state index contributed by atoms with van der Waals surface area (Å²) < 4.78 is 25.0. The van der Waals surface area contributed by atoms with E-state index in [1.165, 1.54) is 11.0 Å². The summed E-state index contributed by atoms with van der Waals surface area (Å²) in [6, 6.07) is 9.41. The van der Waals surface area contributed by atoms with Crippen LogP contribution in [-0.2, 0) is 9.53 Å². The van der Waals surface area contributed by atoms with Crippen LogP contribution in [0.5, 0.6) is 5.75 Å². The number of cyclic esters (lactones) is 1. The van der Waals surface area contributed by atoms with Gasteiger partial charge in [-0.1, -0.05) is 6.07 Å². The first-order valence-electron chi connectivity index (χ1n) is 8.01. The molecule has 1 atom stereocenters. The van der Waals surface area contributed by atoms with E-state index in [9.17, 15) is 14.0 Å². The maximum absolute atomic E-state index is 14.7. The van der Waals surface area contributed by atoms with Crippen LogP contribution in [0, 0.1) is 5.82 Å². The average molecular weight is 358 g/mol. The van der Waals surface area contributed by atoms with Gasteiger partial charge in [-0.3, -0.25) is 9.69 Å². The number of ether oxygens (including phenoxy) is 2. The lowest BCUT2D eigenvalue weighted by atomic mass is 10.0. The number of anilines is 2. The van der Waals surface area contributed by atoms with Crippen molar-refractivity contribution in [2.45, 2.75) is 6.10 Å². The van der Waals surface area contributed by atoms with Gasteiger partial charge in [-0.05, 0) is 35.9 Å². The number of fused-ring (bicyclic) bond motifs is 1. The maximum atomic E-state index is 14.7. The second-order valence-electron chi connectivity index (χ2n) is 6.01. The van der Waals surface area contributed by atoms with Gasteiger partial charge in [0.25, 0.3) is 5.91 Å². The molecule has 1 fully saturated rings. The summed E-state index contributed by atoms with van der Waals surface area (Å²) >= 11 is 0. The fourth-order valence-electron chi connectivity index (χ4n) is 2.98. The summed E-state index contributed by atoms with van der Waals surface area (Å²) in [5.74, 6) is -0.276. The number of nitrogens with zero attached hydrogens (tertiary/aromatic N) is 1. The van der Waals surface area contributed by atoms with Crippen molar-refractivity contribution in [3.8, 4) is 16.9 Å². The van der Waals surface area contributed by atoms with Gasteiger partial charge >= 0.3 is 6.09 Å². The van der Waals surface area contributed by atoms with E-state index in [-0.39, 0.29) is 25.7 Å². The number of carbonyl (C=O) groups excluding carboxylic acids is 2. The number of nitrogens with one attached hydrogen (secondary N) is 1. The molecule has 2 aliphatic heterocycles. The van der Waals surface area contributed by atoms with Crippen molar-refractivity contribution in [2.24, 2.45) is 0 Å². The molecule has 26 heavy (non-hydrogen) atoms. The lowest BCUT2D eigenvalue weighted by Crippen LogP contribution is -2.25. The van der Waals surface area contributed by atoms with Gasteiger partial charge in [0.15, 0.2) is 6.61 Å². The zero-order valence-electron chi connectivity index (χ0n) is 13.6. The minimum absolute atomic E-state index is 0.0824. The predicted octanol–water partition coefficient (Wildman–Crippen LogP) is 2.14. The monoisotopic (exact) mass is 358 g/mol. The fraction of sp³-hybridized carbons (Fsp3) is 0.222. The molecule has 7 nitrogen and oxygen atoms in total. The normalized spacial score (nSPS) is 18.8. The van der Waals surface area contributed by atoms with Crippen molar-refractivity contribution in [2.75, 3.05) is 30.0 Å². The number of benzene rings is 2. The number of aliphatic hydroxyl groups is 1. The van der Waals surface area contributed by atoms with Crippen molar-refractivity contribution >= 4 is 23.4 Å². The maximum Gasteiger partial charge on any atom is 0.414 e. The standard InChI is InChI=1S/C18H15FN2O5/c19-14-6-11(21-7-12(8-22)26-18(21)24)2-3-13(14)10-1-4-15-16(5-10)25-9-17(23)20-15/h1-6,12,22H,7-9H2,(H,20,23)/t12-/m1/s1. The van der Waals surface area contributed by atoms with E-state index in [0.717, 1.165) is 0 Å². The second-order valence-corrected chi connectivity index (χ2v) is 6.01. The van der Waals surface area contributed by atoms with Crippen LogP contribution >= 0.6 is 0 Å². The summed E-state index contributed by atoms with van der Waals surface area (Å²) in [5.41, 5.74) is 1.81. The topological polar surface area (TPSA) is 88.1 Å². The highest BCUT2D eigenvalue weighted by atomic mass is 19.1. The molecule has 4 rings (SSSR count). The van der Waals surface area contributed by atoms with Crippen molar-refractivity contribution in [1.82, 2.24) is 0 Å². The molecule has 2 aromatic rings. The van der Waals surface area contributed by atoms with E-state index >= 15 is 0 Å². The van der Waals surface area contributed by atoms with Gasteiger partial charge in [-0.2, -0.15) is 0 Å². The van der Waals surface area contributed by atoms with Crippen LogP contribution in [0.4, 0.5) is 20.6 Å². The van der Waals surface area contributed by atoms with E-state index in [1.807, 2.05) is 0 Å². The lowest BCUT2D eigenvalue weighted by Gasteiger charge is -2.19. The van der Waals surface area contributed by atoms with Crippen molar-refractivity contribution in [1.29, 1.82) is 0 Å². The van der Waals surface area contributed by atoms with Crippen LogP contribution in [0.2, 0.25) is 0 Å². The van der Waals surface area contributed by atoms with Crippen molar-refractivity contribution in [3.05, 3.63) is 42.2 Å². The number of hydrogen-bond acceptors (Lipinski definition) is 5. The van der Waals surface area contributed by atoms with E-state index < -0.39 is 18.0 Å². The second kappa shape index (κ2) is 6.30. The van der Waals surface area contributed by atoms with Gasteiger partial charge in [0.2, 0.25) is 0 Å². The molecule has 1 saturated heterocycles. The molecule has 2 N–H and O–H groups in total. The molecule has 0 aliphatic carbocycles. The third-order valence-corrected chi connectivity index (χ3v) is 4.27. The molecule has 0 radical (unpaired) electrons. The Bertz CT molecular complexity index is 901. The fourth-order valence-corrected chi connectivity index (χ4v) is 2.98. The Kier molecular flexibility index (Phi) is 3.96. The molecule has 0 saturated carbocycles. The average Bonchev–Trinajstić information content (AvgIpc) is 3.02. The van der Waals surface area contributed by atoms with Crippen LogP contribution in [-0.4, -0.2) is 43.0 Å². The number of amides is 2. The molecule has 134 valence electrons. The van der Waals surface area contributed by atoms with Gasteiger partial charge < -0.3 is 19.9 Å². The Morgan fingerprint density at radius 2 is 2.08 bits per heavy atom. The van der Waals surface area contributed by atoms with E-state index in [2.05, 4.69) is 5.32 Å².